The number of ether oxygens (including phenoxy) is 1. The standard InChI is InChI=1S/C13H11Cl2NO4/c1-2-20-13(17)6-4-3-5-9-7-12(16(18)19)11(15)8-10(9)14/h3-8H,2H2,1H3/b5-3+,6-4+. The molecule has 7 heteroatoms. The van der Waals surface area contributed by atoms with Gasteiger partial charge in [-0.25, -0.2) is 4.79 Å². The van der Waals surface area contributed by atoms with Crippen LogP contribution in [0.1, 0.15) is 12.5 Å². The molecule has 1 aromatic rings. The van der Waals surface area contributed by atoms with Gasteiger partial charge >= 0.3 is 5.97 Å². The molecule has 0 aliphatic heterocycles. The molecule has 1 aromatic carbocycles. The summed E-state index contributed by atoms with van der Waals surface area (Å²) in [5.74, 6) is -0.467. The van der Waals surface area contributed by atoms with Gasteiger partial charge in [0.25, 0.3) is 5.69 Å². The quantitative estimate of drug-likeness (QED) is 0.270. The summed E-state index contributed by atoms with van der Waals surface area (Å²) < 4.78 is 4.69. The summed E-state index contributed by atoms with van der Waals surface area (Å²) in [6, 6.07) is 2.56. The van der Waals surface area contributed by atoms with Crippen molar-refractivity contribution in [3.05, 3.63) is 56.1 Å². The van der Waals surface area contributed by atoms with Crippen molar-refractivity contribution in [2.75, 3.05) is 6.61 Å². The van der Waals surface area contributed by atoms with Gasteiger partial charge in [0.1, 0.15) is 5.02 Å². The van der Waals surface area contributed by atoms with Gasteiger partial charge in [0.2, 0.25) is 0 Å². The van der Waals surface area contributed by atoms with Gasteiger partial charge in [-0.3, -0.25) is 10.1 Å². The smallest absolute Gasteiger partial charge is 0.330 e. The minimum atomic E-state index is -0.593. The lowest BCUT2D eigenvalue weighted by atomic mass is 10.2. The molecule has 0 saturated heterocycles. The van der Waals surface area contributed by atoms with Crippen LogP contribution in [-0.2, 0) is 9.53 Å². The highest BCUT2D eigenvalue weighted by molar-refractivity contribution is 6.36. The van der Waals surface area contributed by atoms with Crippen molar-refractivity contribution < 1.29 is 14.5 Å². The Labute approximate surface area is 125 Å². The Morgan fingerprint density at radius 3 is 2.65 bits per heavy atom. The van der Waals surface area contributed by atoms with Crippen LogP contribution in [0.25, 0.3) is 6.08 Å². The molecule has 0 radical (unpaired) electrons. The van der Waals surface area contributed by atoms with Crippen LogP contribution in [0.4, 0.5) is 5.69 Å². The molecule has 0 atom stereocenters. The second-order valence-corrected chi connectivity index (χ2v) is 4.37. The van der Waals surface area contributed by atoms with Gasteiger partial charge in [0.15, 0.2) is 0 Å². The first-order valence-electron chi connectivity index (χ1n) is 5.60. The molecule has 0 aliphatic carbocycles. The number of halogens is 2. The van der Waals surface area contributed by atoms with Crippen molar-refractivity contribution in [3.63, 3.8) is 0 Å². The predicted molar refractivity (Wildman–Crippen MR) is 77.9 cm³/mol. The average Bonchev–Trinajstić information content (AvgIpc) is 2.36. The fourth-order valence-electron chi connectivity index (χ4n) is 1.31. The van der Waals surface area contributed by atoms with Crippen LogP contribution in [0.15, 0.2) is 30.4 Å². The lowest BCUT2D eigenvalue weighted by Crippen LogP contribution is -1.98. The van der Waals surface area contributed by atoms with Crippen LogP contribution in [0.5, 0.6) is 0 Å². The molecule has 1 rings (SSSR count). The minimum absolute atomic E-state index is 0.0285. The highest BCUT2D eigenvalue weighted by Crippen LogP contribution is 2.31. The number of nitrogens with zero attached hydrogens (tertiary/aromatic N) is 1. The third-order valence-electron chi connectivity index (χ3n) is 2.17. The predicted octanol–water partition coefficient (Wildman–Crippen LogP) is 4.03. The van der Waals surface area contributed by atoms with E-state index in [-0.39, 0.29) is 15.7 Å². The van der Waals surface area contributed by atoms with E-state index in [1.165, 1.54) is 36.4 Å². The highest BCUT2D eigenvalue weighted by atomic mass is 35.5. The number of nitro groups is 1. The van der Waals surface area contributed by atoms with E-state index in [0.29, 0.717) is 12.2 Å². The van der Waals surface area contributed by atoms with Gasteiger partial charge in [-0.05, 0) is 18.6 Å². The fraction of sp³-hybridized carbons (Fsp3) is 0.154. The number of rotatable bonds is 5. The van der Waals surface area contributed by atoms with E-state index in [0.717, 1.165) is 0 Å². The molecule has 0 aromatic heterocycles. The molecule has 0 saturated carbocycles. The van der Waals surface area contributed by atoms with Crippen molar-refractivity contribution in [3.8, 4) is 0 Å². The molecule has 0 aliphatic rings. The Balaban J connectivity index is 2.90. The Kier molecular flexibility index (Phi) is 6.21. The van der Waals surface area contributed by atoms with Gasteiger partial charge < -0.3 is 4.74 Å². The molecule has 0 amide bonds. The Hall–Kier alpha value is -1.85. The lowest BCUT2D eigenvalue weighted by molar-refractivity contribution is -0.384. The van der Waals surface area contributed by atoms with E-state index >= 15 is 0 Å². The number of benzene rings is 1. The van der Waals surface area contributed by atoms with Gasteiger partial charge in [-0.15, -0.1) is 0 Å². The molecule has 5 nitrogen and oxygen atoms in total. The number of carbonyl (C=O) groups excluding carboxylic acids is 1. The van der Waals surface area contributed by atoms with Crippen LogP contribution >= 0.6 is 23.2 Å². The minimum Gasteiger partial charge on any atom is -0.463 e. The largest absolute Gasteiger partial charge is 0.463 e. The van der Waals surface area contributed by atoms with Gasteiger partial charge in [0, 0.05) is 17.2 Å². The summed E-state index contributed by atoms with van der Waals surface area (Å²) in [5.41, 5.74) is 0.196. The third-order valence-corrected chi connectivity index (χ3v) is 2.80. The van der Waals surface area contributed by atoms with Crippen LogP contribution < -0.4 is 0 Å². The maximum Gasteiger partial charge on any atom is 0.330 e. The van der Waals surface area contributed by atoms with Gasteiger partial charge in [-0.2, -0.15) is 0 Å². The van der Waals surface area contributed by atoms with Crippen molar-refractivity contribution in [2.24, 2.45) is 0 Å². The molecule has 0 fully saturated rings. The second kappa shape index (κ2) is 7.67. The van der Waals surface area contributed by atoms with Crippen molar-refractivity contribution >= 4 is 40.9 Å². The SMILES string of the molecule is CCOC(=O)/C=C/C=C/c1cc([N+](=O)[O-])c(Cl)cc1Cl. The van der Waals surface area contributed by atoms with Crippen LogP contribution in [0.2, 0.25) is 10.0 Å². The zero-order chi connectivity index (χ0) is 15.1. The molecule has 0 heterocycles. The summed E-state index contributed by atoms with van der Waals surface area (Å²) in [6.07, 6.45) is 5.74. The summed E-state index contributed by atoms with van der Waals surface area (Å²) >= 11 is 11.6. The molecule has 0 unspecified atom stereocenters. The normalized spacial score (nSPS) is 11.2. The lowest BCUT2D eigenvalue weighted by Gasteiger charge is -2.00. The first-order valence-corrected chi connectivity index (χ1v) is 6.36. The Morgan fingerprint density at radius 2 is 2.05 bits per heavy atom. The fourth-order valence-corrected chi connectivity index (χ4v) is 1.82. The van der Waals surface area contributed by atoms with Crippen LogP contribution in [0.3, 0.4) is 0 Å². The monoisotopic (exact) mass is 315 g/mol. The first kappa shape index (κ1) is 16.2. The van der Waals surface area contributed by atoms with E-state index in [4.69, 9.17) is 27.9 Å². The first-order chi connectivity index (χ1) is 9.45. The van der Waals surface area contributed by atoms with Gasteiger partial charge in [0.05, 0.1) is 11.5 Å². The number of esters is 1. The molecule has 106 valence electrons. The summed E-state index contributed by atoms with van der Waals surface area (Å²) in [7, 11) is 0. The second-order valence-electron chi connectivity index (χ2n) is 3.55. The molecular weight excluding hydrogens is 305 g/mol. The maximum atomic E-state index is 11.0. The van der Waals surface area contributed by atoms with Crippen molar-refractivity contribution in [2.45, 2.75) is 6.92 Å². The number of allylic oxidation sites excluding steroid dienone is 2. The van der Waals surface area contributed by atoms with Crippen molar-refractivity contribution in [1.29, 1.82) is 0 Å². The number of carbonyl (C=O) groups is 1. The summed E-state index contributed by atoms with van der Waals surface area (Å²) in [4.78, 5) is 21.2. The summed E-state index contributed by atoms with van der Waals surface area (Å²) in [6.45, 7) is 2.00. The average molecular weight is 316 g/mol. The van der Waals surface area contributed by atoms with E-state index in [9.17, 15) is 14.9 Å². The van der Waals surface area contributed by atoms with Crippen LogP contribution in [-0.4, -0.2) is 17.5 Å². The van der Waals surface area contributed by atoms with Crippen LogP contribution in [0, 0.1) is 10.1 Å². The zero-order valence-electron chi connectivity index (χ0n) is 10.5. The van der Waals surface area contributed by atoms with Crippen molar-refractivity contribution in [1.82, 2.24) is 0 Å². The Morgan fingerprint density at radius 1 is 1.35 bits per heavy atom. The molecule has 20 heavy (non-hydrogen) atoms. The molecular formula is C13H11Cl2NO4. The zero-order valence-corrected chi connectivity index (χ0v) is 12.0. The molecule has 0 bridgehead atoms. The Bertz CT molecular complexity index is 582. The van der Waals surface area contributed by atoms with E-state index in [1.807, 2.05) is 0 Å². The molecule has 0 spiro atoms. The van der Waals surface area contributed by atoms with E-state index in [1.54, 1.807) is 6.92 Å². The number of hydrogen-bond acceptors (Lipinski definition) is 4. The highest BCUT2D eigenvalue weighted by Gasteiger charge is 2.14. The van der Waals surface area contributed by atoms with E-state index in [2.05, 4.69) is 0 Å². The topological polar surface area (TPSA) is 69.4 Å². The number of nitro benzene ring substituents is 1. The van der Waals surface area contributed by atoms with E-state index < -0.39 is 10.9 Å². The van der Waals surface area contributed by atoms with Gasteiger partial charge in [-0.1, -0.05) is 41.4 Å². The third kappa shape index (κ3) is 4.68. The maximum absolute atomic E-state index is 11.0. The summed E-state index contributed by atoms with van der Waals surface area (Å²) in [5, 5.41) is 11.0. The molecule has 0 N–H and O–H groups in total. The number of hydrogen-bond donors (Lipinski definition) is 0.